The van der Waals surface area contributed by atoms with Gasteiger partial charge in [-0.15, -0.1) is 0 Å². The van der Waals surface area contributed by atoms with Crippen molar-refractivity contribution in [1.82, 2.24) is 0 Å². The van der Waals surface area contributed by atoms with Gasteiger partial charge in [0.05, 0.1) is 0 Å². The summed E-state index contributed by atoms with van der Waals surface area (Å²) in [4.78, 5) is 0. The summed E-state index contributed by atoms with van der Waals surface area (Å²) >= 11 is 0. The second-order valence-electron chi connectivity index (χ2n) is 18.9. The Labute approximate surface area is 390 Å². The van der Waals surface area contributed by atoms with Gasteiger partial charge in [-0.3, -0.25) is 0 Å². The molecule has 316 valence electrons. The topological polar surface area (TPSA) is 0 Å². The molecule has 0 amide bonds. The summed E-state index contributed by atoms with van der Waals surface area (Å²) in [6, 6.07) is 89.6. The summed E-state index contributed by atoms with van der Waals surface area (Å²) in [6.45, 7) is 9.75. The smallest absolute Gasteiger partial charge is 0.0153 e. The van der Waals surface area contributed by atoms with Crippen LogP contribution in [0.15, 0.2) is 243 Å². The second kappa shape index (κ2) is 16.6. The third-order valence-corrected chi connectivity index (χ3v) is 14.2. The maximum absolute atomic E-state index is 2.53. The normalized spacial score (nSPS) is 13.4. The van der Waals surface area contributed by atoms with Crippen LogP contribution in [0.5, 0.6) is 0 Å². The minimum atomic E-state index is -0.303. The second-order valence-corrected chi connectivity index (χ2v) is 18.9. The molecule has 0 fully saturated rings. The zero-order valence-electron chi connectivity index (χ0n) is 38.1. The molecular formula is C66H52. The molecule has 0 atom stereocenters. The van der Waals surface area contributed by atoms with Gasteiger partial charge in [0.2, 0.25) is 0 Å². The summed E-state index contributed by atoms with van der Waals surface area (Å²) in [6.07, 6.45) is 0. The largest absolute Gasteiger partial charge is 0.0622 e. The Morgan fingerprint density at radius 2 is 0.333 bits per heavy atom. The van der Waals surface area contributed by atoms with Gasteiger partial charge in [-0.05, 0) is 136 Å². The summed E-state index contributed by atoms with van der Waals surface area (Å²) in [5.74, 6) is 0. The van der Waals surface area contributed by atoms with Gasteiger partial charge >= 0.3 is 0 Å². The summed E-state index contributed by atoms with van der Waals surface area (Å²) in [7, 11) is 0. The fraction of sp³-hybridized carbons (Fsp3) is 0.0909. The maximum atomic E-state index is 2.53. The van der Waals surface area contributed by atoms with E-state index >= 15 is 0 Å². The first-order chi connectivity index (χ1) is 32.2. The predicted octanol–water partition coefficient (Wildman–Crippen LogP) is 18.0. The predicted molar refractivity (Wildman–Crippen MR) is 281 cm³/mol. The van der Waals surface area contributed by atoms with E-state index in [-0.39, 0.29) is 10.8 Å². The Morgan fingerprint density at radius 1 is 0.182 bits per heavy atom. The maximum Gasteiger partial charge on any atom is 0.0153 e. The molecular weight excluding hydrogens is 793 g/mol. The summed E-state index contributed by atoms with van der Waals surface area (Å²) in [5, 5.41) is 0. The Balaban J connectivity index is 1.09. The molecule has 1 aliphatic carbocycles. The monoisotopic (exact) mass is 844 g/mol. The molecule has 11 rings (SSSR count). The van der Waals surface area contributed by atoms with E-state index in [9.17, 15) is 0 Å². The summed E-state index contributed by atoms with van der Waals surface area (Å²) < 4.78 is 0. The van der Waals surface area contributed by atoms with E-state index in [0.29, 0.717) is 0 Å². The highest BCUT2D eigenvalue weighted by atomic mass is 14.5. The van der Waals surface area contributed by atoms with E-state index in [1.165, 1.54) is 111 Å². The Morgan fingerprint density at radius 3 is 0.515 bits per heavy atom. The van der Waals surface area contributed by atoms with Crippen LogP contribution in [0.4, 0.5) is 0 Å². The van der Waals surface area contributed by atoms with E-state index in [1.54, 1.807) is 0 Å². The third-order valence-electron chi connectivity index (χ3n) is 14.2. The van der Waals surface area contributed by atoms with Crippen molar-refractivity contribution in [3.05, 3.63) is 265 Å². The highest BCUT2D eigenvalue weighted by Crippen LogP contribution is 2.54. The number of rotatable bonds is 8. The van der Waals surface area contributed by atoms with Gasteiger partial charge in [-0.1, -0.05) is 246 Å². The van der Waals surface area contributed by atoms with Crippen LogP contribution < -0.4 is 0 Å². The van der Waals surface area contributed by atoms with Crippen LogP contribution in [0.25, 0.3) is 89.0 Å². The standard InChI is InChI=1S/C66H52/c1-65(2)61-41-57(53-33-25-49(26-34-53)45-17-9-5-10-18-45)59(55-37-29-51(30-38-55)47-21-13-7-14-22-47)43-63(61)66(3,4)64-44-60(56-39-31-52(32-40-56)48-23-15-8-16-24-48)58(42-62(64)65)54-35-27-50(28-36-54)46-19-11-6-12-20-46/h5-44H,1-4H3. The van der Waals surface area contributed by atoms with Crippen LogP contribution in [0.3, 0.4) is 0 Å². The highest BCUT2D eigenvalue weighted by molar-refractivity contribution is 5.90. The molecule has 10 aromatic rings. The molecule has 0 unspecified atom stereocenters. The Bertz CT molecular complexity index is 2850. The average Bonchev–Trinajstić information content (AvgIpc) is 3.39. The minimum absolute atomic E-state index is 0.303. The van der Waals surface area contributed by atoms with Crippen molar-refractivity contribution in [2.24, 2.45) is 0 Å². The third kappa shape index (κ3) is 7.39. The molecule has 0 radical (unpaired) electrons. The molecule has 66 heavy (non-hydrogen) atoms. The molecule has 0 saturated heterocycles. The van der Waals surface area contributed by atoms with E-state index in [4.69, 9.17) is 0 Å². The van der Waals surface area contributed by atoms with Crippen molar-refractivity contribution in [2.45, 2.75) is 38.5 Å². The lowest BCUT2D eigenvalue weighted by Crippen LogP contribution is -2.37. The molecule has 0 saturated carbocycles. The van der Waals surface area contributed by atoms with Crippen molar-refractivity contribution in [3.63, 3.8) is 0 Å². The summed E-state index contributed by atoms with van der Waals surface area (Å²) in [5.41, 5.74) is 24.5. The van der Waals surface area contributed by atoms with Crippen molar-refractivity contribution < 1.29 is 0 Å². The van der Waals surface area contributed by atoms with Gasteiger partial charge in [0.1, 0.15) is 0 Å². The fourth-order valence-corrected chi connectivity index (χ4v) is 10.4. The van der Waals surface area contributed by atoms with Crippen LogP contribution in [0.1, 0.15) is 49.9 Å². The SMILES string of the molecule is CC1(C)c2cc(-c3ccc(-c4ccccc4)cc3)c(-c3ccc(-c4ccccc4)cc3)cc2C(C)(C)c2cc(-c3ccc(-c4ccccc4)cc3)c(-c3ccc(-c4ccccc4)cc3)cc21. The average molecular weight is 845 g/mol. The van der Waals surface area contributed by atoms with Gasteiger partial charge < -0.3 is 0 Å². The quantitative estimate of drug-likeness (QED) is 0.143. The molecule has 0 N–H and O–H groups in total. The fourth-order valence-electron chi connectivity index (χ4n) is 10.4. The Hall–Kier alpha value is -7.80. The zero-order valence-corrected chi connectivity index (χ0v) is 38.1. The lowest BCUT2D eigenvalue weighted by atomic mass is 9.58. The molecule has 0 heteroatoms. The van der Waals surface area contributed by atoms with E-state index in [2.05, 4.69) is 270 Å². The first kappa shape index (κ1) is 40.9. The van der Waals surface area contributed by atoms with Gasteiger partial charge in [0.15, 0.2) is 0 Å². The van der Waals surface area contributed by atoms with Gasteiger partial charge in [-0.2, -0.15) is 0 Å². The molecule has 0 aromatic heterocycles. The van der Waals surface area contributed by atoms with Gasteiger partial charge in [-0.25, -0.2) is 0 Å². The molecule has 10 aromatic carbocycles. The van der Waals surface area contributed by atoms with E-state index < -0.39 is 0 Å². The molecule has 0 nitrogen and oxygen atoms in total. The van der Waals surface area contributed by atoms with Crippen LogP contribution in [0, 0.1) is 0 Å². The first-order valence-corrected chi connectivity index (χ1v) is 23.2. The lowest BCUT2D eigenvalue weighted by Gasteiger charge is -2.45. The van der Waals surface area contributed by atoms with Crippen molar-refractivity contribution in [1.29, 1.82) is 0 Å². The Kier molecular flexibility index (Phi) is 10.3. The molecule has 0 bridgehead atoms. The van der Waals surface area contributed by atoms with Gasteiger partial charge in [0.25, 0.3) is 0 Å². The number of hydrogen-bond donors (Lipinski definition) is 0. The highest BCUT2D eigenvalue weighted by Gasteiger charge is 2.43. The first-order valence-electron chi connectivity index (χ1n) is 23.2. The van der Waals surface area contributed by atoms with Gasteiger partial charge in [0, 0.05) is 10.8 Å². The van der Waals surface area contributed by atoms with Crippen LogP contribution in [-0.2, 0) is 10.8 Å². The molecule has 0 heterocycles. The van der Waals surface area contributed by atoms with Crippen molar-refractivity contribution in [3.8, 4) is 89.0 Å². The van der Waals surface area contributed by atoms with Crippen LogP contribution in [0.2, 0.25) is 0 Å². The van der Waals surface area contributed by atoms with Crippen molar-refractivity contribution in [2.75, 3.05) is 0 Å². The van der Waals surface area contributed by atoms with E-state index in [1.807, 2.05) is 0 Å². The molecule has 1 aliphatic rings. The van der Waals surface area contributed by atoms with E-state index in [0.717, 1.165) is 0 Å². The zero-order chi connectivity index (χ0) is 44.8. The van der Waals surface area contributed by atoms with Crippen LogP contribution >= 0.6 is 0 Å². The number of fused-ring (bicyclic) bond motifs is 2. The number of hydrogen-bond acceptors (Lipinski definition) is 0. The number of benzene rings is 10. The minimum Gasteiger partial charge on any atom is -0.0622 e. The molecule has 0 spiro atoms. The lowest BCUT2D eigenvalue weighted by molar-refractivity contribution is 0.521. The molecule has 0 aliphatic heterocycles. The van der Waals surface area contributed by atoms with Crippen LogP contribution in [-0.4, -0.2) is 0 Å². The van der Waals surface area contributed by atoms with Crippen molar-refractivity contribution >= 4 is 0 Å².